The molecule has 0 radical (unpaired) electrons. The topological polar surface area (TPSA) is 45.2 Å². The summed E-state index contributed by atoms with van der Waals surface area (Å²) in [6, 6.07) is 11.5. The molecular formula is C20H23ClN2O3. The molecule has 2 aliphatic rings. The number of piperazine rings is 1. The smallest absolute Gasteiger partial charge is 0.179 e. The van der Waals surface area contributed by atoms with Crippen molar-refractivity contribution >= 4 is 17.3 Å². The fourth-order valence-corrected chi connectivity index (χ4v) is 3.80. The SMILES string of the molecule is Oc1ccccc1N1CCN(Cc2cc(Cl)c3c(c2)OCCCO3)CC1. The van der Waals surface area contributed by atoms with Gasteiger partial charge < -0.3 is 19.5 Å². The molecule has 6 heteroatoms. The maximum Gasteiger partial charge on any atom is 0.179 e. The second kappa shape index (κ2) is 7.64. The lowest BCUT2D eigenvalue weighted by Gasteiger charge is -2.36. The van der Waals surface area contributed by atoms with E-state index >= 15 is 0 Å². The number of fused-ring (bicyclic) bond motifs is 1. The first-order valence-electron chi connectivity index (χ1n) is 9.04. The lowest BCUT2D eigenvalue weighted by Crippen LogP contribution is -2.46. The van der Waals surface area contributed by atoms with E-state index in [-0.39, 0.29) is 0 Å². The molecular weight excluding hydrogens is 352 g/mol. The fourth-order valence-electron chi connectivity index (χ4n) is 3.51. The summed E-state index contributed by atoms with van der Waals surface area (Å²) >= 11 is 6.40. The van der Waals surface area contributed by atoms with Crippen molar-refractivity contribution in [1.29, 1.82) is 0 Å². The summed E-state index contributed by atoms with van der Waals surface area (Å²) in [4.78, 5) is 4.62. The molecule has 1 saturated heterocycles. The Kier molecular flexibility index (Phi) is 5.09. The van der Waals surface area contributed by atoms with Gasteiger partial charge in [0.1, 0.15) is 5.75 Å². The summed E-state index contributed by atoms with van der Waals surface area (Å²) in [5.74, 6) is 1.76. The van der Waals surface area contributed by atoms with Crippen LogP contribution in [0.25, 0.3) is 0 Å². The molecule has 0 amide bonds. The van der Waals surface area contributed by atoms with Gasteiger partial charge >= 0.3 is 0 Å². The van der Waals surface area contributed by atoms with E-state index in [2.05, 4.69) is 9.80 Å². The number of halogens is 1. The van der Waals surface area contributed by atoms with E-state index in [1.54, 1.807) is 6.07 Å². The van der Waals surface area contributed by atoms with Crippen LogP contribution in [0, 0.1) is 0 Å². The molecule has 4 rings (SSSR count). The molecule has 1 fully saturated rings. The number of ether oxygens (including phenoxy) is 2. The van der Waals surface area contributed by atoms with Crippen LogP contribution in [0.5, 0.6) is 17.2 Å². The van der Waals surface area contributed by atoms with E-state index < -0.39 is 0 Å². The molecule has 0 spiro atoms. The van der Waals surface area contributed by atoms with Crippen LogP contribution >= 0.6 is 11.6 Å². The van der Waals surface area contributed by atoms with Gasteiger partial charge in [-0.3, -0.25) is 4.90 Å². The summed E-state index contributed by atoms with van der Waals surface area (Å²) in [6.45, 7) is 5.75. The van der Waals surface area contributed by atoms with Gasteiger partial charge in [-0.1, -0.05) is 23.7 Å². The highest BCUT2D eigenvalue weighted by Crippen LogP contribution is 2.38. The van der Waals surface area contributed by atoms with Crippen molar-refractivity contribution in [2.24, 2.45) is 0 Å². The van der Waals surface area contributed by atoms with E-state index in [1.807, 2.05) is 30.3 Å². The quantitative estimate of drug-likeness (QED) is 0.890. The van der Waals surface area contributed by atoms with Gasteiger partial charge in [0.25, 0.3) is 0 Å². The Labute approximate surface area is 158 Å². The lowest BCUT2D eigenvalue weighted by atomic mass is 10.1. The minimum absolute atomic E-state index is 0.343. The summed E-state index contributed by atoms with van der Waals surface area (Å²) in [5, 5.41) is 10.7. The van der Waals surface area contributed by atoms with Gasteiger partial charge in [0.05, 0.1) is 23.9 Å². The van der Waals surface area contributed by atoms with Crippen LogP contribution in [-0.4, -0.2) is 49.4 Å². The Morgan fingerprint density at radius 1 is 1.00 bits per heavy atom. The number of benzene rings is 2. The van der Waals surface area contributed by atoms with Crippen molar-refractivity contribution in [3.05, 3.63) is 47.0 Å². The average Bonchev–Trinajstić information content (AvgIpc) is 2.89. The molecule has 2 aliphatic heterocycles. The molecule has 0 saturated carbocycles. The second-order valence-corrected chi connectivity index (χ2v) is 7.11. The van der Waals surface area contributed by atoms with E-state index in [4.69, 9.17) is 21.1 Å². The summed E-state index contributed by atoms with van der Waals surface area (Å²) < 4.78 is 11.5. The van der Waals surface area contributed by atoms with Crippen molar-refractivity contribution in [2.45, 2.75) is 13.0 Å². The van der Waals surface area contributed by atoms with Gasteiger partial charge in [-0.2, -0.15) is 0 Å². The van der Waals surface area contributed by atoms with Gasteiger partial charge in [-0.25, -0.2) is 0 Å². The molecule has 138 valence electrons. The van der Waals surface area contributed by atoms with Crippen molar-refractivity contribution < 1.29 is 14.6 Å². The normalized spacial score (nSPS) is 17.8. The van der Waals surface area contributed by atoms with E-state index in [1.165, 1.54) is 0 Å². The largest absolute Gasteiger partial charge is 0.506 e. The number of para-hydroxylation sites is 2. The molecule has 2 heterocycles. The molecule has 5 nitrogen and oxygen atoms in total. The average molecular weight is 375 g/mol. The van der Waals surface area contributed by atoms with Crippen LogP contribution in [0.2, 0.25) is 5.02 Å². The minimum atomic E-state index is 0.343. The van der Waals surface area contributed by atoms with Crippen LogP contribution in [0.3, 0.4) is 0 Å². The van der Waals surface area contributed by atoms with Crippen molar-refractivity contribution in [3.8, 4) is 17.2 Å². The maximum atomic E-state index is 10.0. The number of phenols is 1. The zero-order valence-electron chi connectivity index (χ0n) is 14.7. The van der Waals surface area contributed by atoms with Gasteiger partial charge in [0, 0.05) is 39.1 Å². The second-order valence-electron chi connectivity index (χ2n) is 6.71. The van der Waals surface area contributed by atoms with Crippen LogP contribution in [0.4, 0.5) is 5.69 Å². The van der Waals surface area contributed by atoms with E-state index in [9.17, 15) is 5.11 Å². The standard InChI is InChI=1S/C20H23ClN2O3/c21-16-12-15(13-19-20(16)26-11-3-10-25-19)14-22-6-8-23(9-7-22)17-4-1-2-5-18(17)24/h1-2,4-5,12-13,24H,3,6-11,14H2. The van der Waals surface area contributed by atoms with Gasteiger partial charge in [0.2, 0.25) is 0 Å². The Bertz CT molecular complexity index is 776. The van der Waals surface area contributed by atoms with Crippen LogP contribution in [0.15, 0.2) is 36.4 Å². The van der Waals surface area contributed by atoms with Crippen molar-refractivity contribution in [1.82, 2.24) is 4.90 Å². The van der Waals surface area contributed by atoms with Crippen LogP contribution in [-0.2, 0) is 6.54 Å². The monoisotopic (exact) mass is 374 g/mol. The zero-order chi connectivity index (χ0) is 17.9. The molecule has 0 aromatic heterocycles. The third kappa shape index (κ3) is 3.69. The summed E-state index contributed by atoms with van der Waals surface area (Å²) in [7, 11) is 0. The summed E-state index contributed by atoms with van der Waals surface area (Å²) in [5.41, 5.74) is 2.04. The molecule has 2 aromatic carbocycles. The Morgan fingerprint density at radius 3 is 2.58 bits per heavy atom. The Hall–Kier alpha value is -2.11. The van der Waals surface area contributed by atoms with E-state index in [0.29, 0.717) is 29.7 Å². The molecule has 1 N–H and O–H groups in total. The molecule has 0 atom stereocenters. The lowest BCUT2D eigenvalue weighted by molar-refractivity contribution is 0.248. The molecule has 0 aliphatic carbocycles. The predicted octanol–water partition coefficient (Wildman–Crippen LogP) is 3.53. The Morgan fingerprint density at radius 2 is 1.77 bits per heavy atom. The molecule has 0 unspecified atom stereocenters. The predicted molar refractivity (Wildman–Crippen MR) is 103 cm³/mol. The number of rotatable bonds is 3. The minimum Gasteiger partial charge on any atom is -0.506 e. The number of aromatic hydroxyl groups is 1. The molecule has 26 heavy (non-hydrogen) atoms. The third-order valence-electron chi connectivity index (χ3n) is 4.86. The number of anilines is 1. The first-order valence-corrected chi connectivity index (χ1v) is 9.42. The maximum absolute atomic E-state index is 10.0. The molecule has 0 bridgehead atoms. The number of phenolic OH excluding ortho intramolecular Hbond substituents is 1. The highest BCUT2D eigenvalue weighted by Gasteiger charge is 2.21. The van der Waals surface area contributed by atoms with Crippen molar-refractivity contribution in [2.75, 3.05) is 44.3 Å². The third-order valence-corrected chi connectivity index (χ3v) is 5.14. The molecule has 2 aromatic rings. The highest BCUT2D eigenvalue weighted by molar-refractivity contribution is 6.32. The number of hydrogen-bond donors (Lipinski definition) is 1. The van der Waals surface area contributed by atoms with Crippen LogP contribution in [0.1, 0.15) is 12.0 Å². The van der Waals surface area contributed by atoms with Gasteiger partial charge in [-0.15, -0.1) is 0 Å². The fraction of sp³-hybridized carbons (Fsp3) is 0.400. The summed E-state index contributed by atoms with van der Waals surface area (Å²) in [6.07, 6.45) is 0.870. The first kappa shape index (κ1) is 17.3. The highest BCUT2D eigenvalue weighted by atomic mass is 35.5. The van der Waals surface area contributed by atoms with Gasteiger partial charge in [0.15, 0.2) is 11.5 Å². The Balaban J connectivity index is 1.41. The van der Waals surface area contributed by atoms with E-state index in [0.717, 1.165) is 56.1 Å². The van der Waals surface area contributed by atoms with Crippen molar-refractivity contribution in [3.63, 3.8) is 0 Å². The number of nitrogens with zero attached hydrogens (tertiary/aromatic N) is 2. The van der Waals surface area contributed by atoms with Gasteiger partial charge in [-0.05, 0) is 29.8 Å². The first-order chi connectivity index (χ1) is 12.7. The number of hydrogen-bond acceptors (Lipinski definition) is 5. The van der Waals surface area contributed by atoms with Crippen LogP contribution < -0.4 is 14.4 Å². The zero-order valence-corrected chi connectivity index (χ0v) is 15.4.